The lowest BCUT2D eigenvalue weighted by Crippen LogP contribution is -2.21. The summed E-state index contributed by atoms with van der Waals surface area (Å²) in [6, 6.07) is 4.88. The van der Waals surface area contributed by atoms with E-state index in [9.17, 15) is 9.59 Å². The molecule has 6 heteroatoms. The Kier molecular flexibility index (Phi) is 3.69. The van der Waals surface area contributed by atoms with Gasteiger partial charge in [-0.25, -0.2) is 9.48 Å². The fourth-order valence-electron chi connectivity index (χ4n) is 1.39. The second-order valence-electron chi connectivity index (χ2n) is 3.54. The lowest BCUT2D eigenvalue weighted by atomic mass is 10.3. The number of carbonyl (C=O) groups is 1. The van der Waals surface area contributed by atoms with Crippen molar-refractivity contribution in [1.29, 1.82) is 0 Å². The molecule has 0 aromatic carbocycles. The van der Waals surface area contributed by atoms with Crippen LogP contribution in [0.15, 0.2) is 40.6 Å². The molecule has 0 amide bonds. The first-order valence-corrected chi connectivity index (χ1v) is 6.03. The van der Waals surface area contributed by atoms with Crippen molar-refractivity contribution in [3.63, 3.8) is 0 Å². The molecule has 0 spiro atoms. The summed E-state index contributed by atoms with van der Waals surface area (Å²) in [5, 5.41) is 14.3. The van der Waals surface area contributed by atoms with Crippen molar-refractivity contribution in [2.24, 2.45) is 0 Å². The molecule has 0 aliphatic carbocycles. The Hall–Kier alpha value is -2.21. The second kappa shape index (κ2) is 5.42. The molecule has 1 N–H and O–H groups in total. The van der Waals surface area contributed by atoms with E-state index in [-0.39, 0.29) is 5.56 Å². The average Bonchev–Trinajstić information content (AvgIpc) is 2.77. The maximum absolute atomic E-state index is 11.5. The lowest BCUT2D eigenvalue weighted by Gasteiger charge is -1.99. The number of hydrogen-bond donors (Lipinski definition) is 1. The number of aliphatic carboxylic acids is 1. The Bertz CT molecular complexity index is 643. The average molecular weight is 262 g/mol. The summed E-state index contributed by atoms with van der Waals surface area (Å²) in [6.45, 7) is 0.394. The molecular formula is C12H10N2O3S. The monoisotopic (exact) mass is 262 g/mol. The van der Waals surface area contributed by atoms with E-state index in [1.54, 1.807) is 12.3 Å². The van der Waals surface area contributed by atoms with Crippen LogP contribution in [0.4, 0.5) is 0 Å². The largest absolute Gasteiger partial charge is 0.478 e. The maximum atomic E-state index is 11.5. The summed E-state index contributed by atoms with van der Waals surface area (Å²) in [6.07, 6.45) is 4.16. The molecule has 2 heterocycles. The number of nitrogens with zero attached hydrogens (tertiary/aromatic N) is 2. The van der Waals surface area contributed by atoms with Crippen molar-refractivity contribution in [2.45, 2.75) is 6.54 Å². The first-order chi connectivity index (χ1) is 8.65. The van der Waals surface area contributed by atoms with E-state index in [4.69, 9.17) is 5.11 Å². The minimum atomic E-state index is -0.983. The van der Waals surface area contributed by atoms with Gasteiger partial charge in [-0.3, -0.25) is 4.79 Å². The molecule has 0 fully saturated rings. The number of thiophene rings is 1. The third kappa shape index (κ3) is 3.14. The minimum absolute atomic E-state index is 0.159. The topological polar surface area (TPSA) is 72.2 Å². The molecule has 0 bridgehead atoms. The zero-order valence-corrected chi connectivity index (χ0v) is 10.1. The summed E-state index contributed by atoms with van der Waals surface area (Å²) in [5.74, 6) is -0.983. The highest BCUT2D eigenvalue weighted by Gasteiger charge is 2.01. The van der Waals surface area contributed by atoms with Gasteiger partial charge in [-0.15, -0.1) is 11.3 Å². The number of carboxylic acids is 1. The van der Waals surface area contributed by atoms with Gasteiger partial charge in [-0.2, -0.15) is 5.10 Å². The van der Waals surface area contributed by atoms with E-state index in [2.05, 4.69) is 5.10 Å². The van der Waals surface area contributed by atoms with Crippen LogP contribution in [0.5, 0.6) is 0 Å². The molecule has 0 aliphatic rings. The standard InChI is InChI=1S/C12H10N2O3S/c15-11-2-1-5-13-14(11)7-10-6-9(8-18-10)3-4-12(16)17/h1-6,8H,7H2,(H,16,17)/b4-3+. The van der Waals surface area contributed by atoms with Crippen molar-refractivity contribution in [2.75, 3.05) is 0 Å². The summed E-state index contributed by atoms with van der Waals surface area (Å²) in [4.78, 5) is 22.8. The van der Waals surface area contributed by atoms with E-state index < -0.39 is 5.97 Å². The van der Waals surface area contributed by atoms with Gasteiger partial charge in [0, 0.05) is 23.2 Å². The van der Waals surface area contributed by atoms with Crippen molar-refractivity contribution in [3.05, 3.63) is 56.6 Å². The fourth-order valence-corrected chi connectivity index (χ4v) is 2.22. The normalized spacial score (nSPS) is 10.9. The first-order valence-electron chi connectivity index (χ1n) is 5.16. The van der Waals surface area contributed by atoms with Crippen LogP contribution >= 0.6 is 11.3 Å². The maximum Gasteiger partial charge on any atom is 0.328 e. The Morgan fingerprint density at radius 1 is 1.56 bits per heavy atom. The second-order valence-corrected chi connectivity index (χ2v) is 4.53. The first kappa shape index (κ1) is 12.3. The van der Waals surface area contributed by atoms with Crippen molar-refractivity contribution >= 4 is 23.4 Å². The molecule has 0 radical (unpaired) electrons. The Morgan fingerprint density at radius 3 is 3.11 bits per heavy atom. The molecule has 2 aromatic rings. The van der Waals surface area contributed by atoms with Gasteiger partial charge >= 0.3 is 5.97 Å². The van der Waals surface area contributed by atoms with Crippen LogP contribution in [0.25, 0.3) is 6.08 Å². The third-order valence-electron chi connectivity index (χ3n) is 2.18. The summed E-state index contributed by atoms with van der Waals surface area (Å²) in [7, 11) is 0. The van der Waals surface area contributed by atoms with Crippen LogP contribution in [-0.2, 0) is 11.3 Å². The molecule has 92 valence electrons. The molecule has 5 nitrogen and oxygen atoms in total. The third-order valence-corrected chi connectivity index (χ3v) is 3.12. The van der Waals surface area contributed by atoms with Crippen molar-refractivity contribution in [1.82, 2.24) is 9.78 Å². The van der Waals surface area contributed by atoms with E-state index in [1.807, 2.05) is 11.4 Å². The van der Waals surface area contributed by atoms with Gasteiger partial charge in [0.25, 0.3) is 5.56 Å². The molecule has 0 aliphatic heterocycles. The Morgan fingerprint density at radius 2 is 2.39 bits per heavy atom. The number of carboxylic acid groups (broad SMARTS) is 1. The highest BCUT2D eigenvalue weighted by atomic mass is 32.1. The van der Waals surface area contributed by atoms with E-state index >= 15 is 0 Å². The molecule has 2 rings (SSSR count). The minimum Gasteiger partial charge on any atom is -0.478 e. The number of hydrogen-bond acceptors (Lipinski definition) is 4. The Labute approximate surface area is 107 Å². The molecule has 2 aromatic heterocycles. The summed E-state index contributed by atoms with van der Waals surface area (Å²) < 4.78 is 1.36. The predicted octanol–water partition coefficient (Wildman–Crippen LogP) is 1.45. The van der Waals surface area contributed by atoms with Gasteiger partial charge in [0.2, 0.25) is 0 Å². The summed E-state index contributed by atoms with van der Waals surface area (Å²) in [5.41, 5.74) is 0.648. The van der Waals surface area contributed by atoms with Crippen LogP contribution < -0.4 is 5.56 Å². The molecular weight excluding hydrogens is 252 g/mol. The van der Waals surface area contributed by atoms with Gasteiger partial charge in [0.05, 0.1) is 6.54 Å². The van der Waals surface area contributed by atoms with Crippen LogP contribution in [0, 0.1) is 0 Å². The van der Waals surface area contributed by atoms with E-state index in [1.165, 1.54) is 28.2 Å². The highest BCUT2D eigenvalue weighted by Crippen LogP contribution is 2.16. The smallest absolute Gasteiger partial charge is 0.328 e. The molecule has 0 saturated carbocycles. The van der Waals surface area contributed by atoms with Crippen LogP contribution in [-0.4, -0.2) is 20.9 Å². The van der Waals surface area contributed by atoms with Gasteiger partial charge in [0.1, 0.15) is 0 Å². The zero-order chi connectivity index (χ0) is 13.0. The molecule has 0 unspecified atom stereocenters. The number of aromatic nitrogens is 2. The van der Waals surface area contributed by atoms with Gasteiger partial charge in [0.15, 0.2) is 0 Å². The van der Waals surface area contributed by atoms with Gasteiger partial charge < -0.3 is 5.11 Å². The van der Waals surface area contributed by atoms with Crippen LogP contribution in [0.2, 0.25) is 0 Å². The molecule has 0 saturated heterocycles. The zero-order valence-electron chi connectivity index (χ0n) is 9.31. The van der Waals surface area contributed by atoms with E-state index in [0.29, 0.717) is 6.54 Å². The Balaban J connectivity index is 2.14. The fraction of sp³-hybridized carbons (Fsp3) is 0.0833. The highest BCUT2D eigenvalue weighted by molar-refractivity contribution is 7.10. The predicted molar refractivity (Wildman–Crippen MR) is 68.6 cm³/mol. The van der Waals surface area contributed by atoms with Gasteiger partial charge in [-0.1, -0.05) is 0 Å². The molecule has 0 atom stereocenters. The van der Waals surface area contributed by atoms with Crippen molar-refractivity contribution < 1.29 is 9.90 Å². The molecule has 18 heavy (non-hydrogen) atoms. The van der Waals surface area contributed by atoms with Gasteiger partial charge in [-0.05, 0) is 29.2 Å². The van der Waals surface area contributed by atoms with E-state index in [0.717, 1.165) is 16.5 Å². The lowest BCUT2D eigenvalue weighted by molar-refractivity contribution is -0.131. The van der Waals surface area contributed by atoms with Crippen molar-refractivity contribution in [3.8, 4) is 0 Å². The SMILES string of the molecule is O=C(O)/C=C/c1csc(Cn2ncccc2=O)c1. The van der Waals surface area contributed by atoms with Crippen LogP contribution in [0.1, 0.15) is 10.4 Å². The number of rotatable bonds is 4. The van der Waals surface area contributed by atoms with Crippen LogP contribution in [0.3, 0.4) is 0 Å². The quantitative estimate of drug-likeness (QED) is 0.846. The summed E-state index contributed by atoms with van der Waals surface area (Å²) >= 11 is 1.46.